The highest BCUT2D eigenvalue weighted by atomic mass is 32.2. The van der Waals surface area contributed by atoms with Crippen LogP contribution in [0.15, 0.2) is 29.2 Å². The van der Waals surface area contributed by atoms with Gasteiger partial charge in [0.05, 0.1) is 4.91 Å². The van der Waals surface area contributed by atoms with Crippen LogP contribution in [0.4, 0.5) is 0 Å². The van der Waals surface area contributed by atoms with Gasteiger partial charge >= 0.3 is 0 Å². The largest absolute Gasteiger partial charge is 0.396 e. The van der Waals surface area contributed by atoms with Crippen molar-refractivity contribution in [3.8, 4) is 0 Å². The molecule has 2 heterocycles. The number of likely N-dealkylation sites (N-methyl/N-ethyl adjacent to an activating group) is 1. The van der Waals surface area contributed by atoms with Gasteiger partial charge in [0.1, 0.15) is 4.32 Å². The lowest BCUT2D eigenvalue weighted by Gasteiger charge is -2.35. The van der Waals surface area contributed by atoms with E-state index < -0.39 is 0 Å². The van der Waals surface area contributed by atoms with Gasteiger partial charge < -0.3 is 10.0 Å². The van der Waals surface area contributed by atoms with Gasteiger partial charge in [-0.1, -0.05) is 36.1 Å². The van der Waals surface area contributed by atoms with Crippen molar-refractivity contribution in [2.24, 2.45) is 0 Å². The maximum absolute atomic E-state index is 12.8. The average Bonchev–Trinajstić information content (AvgIpc) is 2.89. The molecule has 1 atom stereocenters. The maximum Gasteiger partial charge on any atom is 0.265 e. The van der Waals surface area contributed by atoms with Gasteiger partial charge in [-0.15, -0.1) is 0 Å². The standard InChI is InChI=1S/C19H22N2O3S2/c1-20-18(24)16(26-19(20)25)12-13-5-7-14(8-6-13)17(23)21-10-3-2-4-15(21)9-11-22/h5-8,12,15,22H,2-4,9-11H2,1H3/b16-12-/t15-/m1/s1. The van der Waals surface area contributed by atoms with Crippen molar-refractivity contribution in [1.29, 1.82) is 0 Å². The van der Waals surface area contributed by atoms with Crippen molar-refractivity contribution in [3.05, 3.63) is 40.3 Å². The van der Waals surface area contributed by atoms with Crippen LogP contribution in [0.25, 0.3) is 6.08 Å². The number of aliphatic hydroxyl groups excluding tert-OH is 1. The van der Waals surface area contributed by atoms with Crippen LogP contribution in [0, 0.1) is 0 Å². The summed E-state index contributed by atoms with van der Waals surface area (Å²) in [6.07, 6.45) is 5.48. The summed E-state index contributed by atoms with van der Waals surface area (Å²) in [5, 5.41) is 9.23. The number of amides is 2. The van der Waals surface area contributed by atoms with Crippen molar-refractivity contribution in [1.82, 2.24) is 9.80 Å². The molecule has 0 bridgehead atoms. The third-order valence-corrected chi connectivity index (χ3v) is 6.28. The monoisotopic (exact) mass is 390 g/mol. The minimum atomic E-state index is -0.0969. The van der Waals surface area contributed by atoms with Gasteiger partial charge in [0, 0.05) is 31.8 Å². The lowest BCUT2D eigenvalue weighted by molar-refractivity contribution is -0.121. The van der Waals surface area contributed by atoms with Gasteiger partial charge in [0.2, 0.25) is 0 Å². The van der Waals surface area contributed by atoms with Crippen LogP contribution in [0.2, 0.25) is 0 Å². The molecule has 5 nitrogen and oxygen atoms in total. The van der Waals surface area contributed by atoms with Gasteiger partial charge in [0.25, 0.3) is 11.8 Å². The van der Waals surface area contributed by atoms with Crippen molar-refractivity contribution >= 4 is 46.2 Å². The smallest absolute Gasteiger partial charge is 0.265 e. The van der Waals surface area contributed by atoms with Crippen LogP contribution in [0.3, 0.4) is 0 Å². The summed E-state index contributed by atoms with van der Waals surface area (Å²) in [5.41, 5.74) is 1.50. The summed E-state index contributed by atoms with van der Waals surface area (Å²) in [6.45, 7) is 0.840. The number of rotatable bonds is 4. The molecular formula is C19H22N2O3S2. The summed E-state index contributed by atoms with van der Waals surface area (Å²) in [4.78, 5) is 28.8. The number of piperidine rings is 1. The Hall–Kier alpha value is -1.70. The molecule has 0 spiro atoms. The van der Waals surface area contributed by atoms with E-state index in [0.29, 0.717) is 21.2 Å². The highest BCUT2D eigenvalue weighted by molar-refractivity contribution is 8.26. The molecule has 0 unspecified atom stereocenters. The zero-order chi connectivity index (χ0) is 18.7. The number of benzene rings is 1. The third-order valence-electron chi connectivity index (χ3n) is 4.79. The summed E-state index contributed by atoms with van der Waals surface area (Å²) in [6, 6.07) is 7.41. The summed E-state index contributed by atoms with van der Waals surface area (Å²) < 4.78 is 0.549. The molecule has 26 heavy (non-hydrogen) atoms. The van der Waals surface area contributed by atoms with Crippen LogP contribution >= 0.6 is 24.0 Å². The molecule has 2 amide bonds. The van der Waals surface area contributed by atoms with Crippen molar-refractivity contribution in [2.75, 3.05) is 20.2 Å². The topological polar surface area (TPSA) is 60.9 Å². The van der Waals surface area contributed by atoms with E-state index in [2.05, 4.69) is 0 Å². The van der Waals surface area contributed by atoms with Gasteiger partial charge in [-0.05, 0) is 49.5 Å². The van der Waals surface area contributed by atoms with Crippen LogP contribution in [0.1, 0.15) is 41.6 Å². The number of hydrogen-bond donors (Lipinski definition) is 1. The molecule has 1 N–H and O–H groups in total. The molecule has 0 saturated carbocycles. The van der Waals surface area contributed by atoms with Crippen molar-refractivity contribution < 1.29 is 14.7 Å². The zero-order valence-corrected chi connectivity index (χ0v) is 16.3. The van der Waals surface area contributed by atoms with Gasteiger partial charge in [-0.25, -0.2) is 0 Å². The van der Waals surface area contributed by atoms with Crippen molar-refractivity contribution in [2.45, 2.75) is 31.7 Å². The van der Waals surface area contributed by atoms with Gasteiger partial charge in [0.15, 0.2) is 0 Å². The second-order valence-corrected chi connectivity index (χ2v) is 8.20. The highest BCUT2D eigenvalue weighted by Crippen LogP contribution is 2.31. The number of carbonyl (C=O) groups excluding carboxylic acids is 2. The van der Waals surface area contributed by atoms with Crippen LogP contribution in [-0.4, -0.2) is 57.3 Å². The number of aliphatic hydroxyl groups is 1. The van der Waals surface area contributed by atoms with E-state index in [4.69, 9.17) is 12.2 Å². The molecular weight excluding hydrogens is 368 g/mol. The Morgan fingerprint density at radius 1 is 1.35 bits per heavy atom. The molecule has 2 saturated heterocycles. The second kappa shape index (κ2) is 8.33. The normalized spacial score (nSPS) is 22.4. The average molecular weight is 391 g/mol. The van der Waals surface area contributed by atoms with E-state index >= 15 is 0 Å². The van der Waals surface area contributed by atoms with Crippen molar-refractivity contribution in [3.63, 3.8) is 0 Å². The first-order valence-electron chi connectivity index (χ1n) is 8.74. The molecule has 2 aliphatic heterocycles. The van der Waals surface area contributed by atoms with Gasteiger partial charge in [-0.2, -0.15) is 0 Å². The summed E-state index contributed by atoms with van der Waals surface area (Å²) in [5.74, 6) is -0.0881. The van der Waals surface area contributed by atoms with Gasteiger partial charge in [-0.3, -0.25) is 14.5 Å². The van der Waals surface area contributed by atoms with E-state index in [9.17, 15) is 14.7 Å². The zero-order valence-electron chi connectivity index (χ0n) is 14.7. The molecule has 1 aromatic rings. The Morgan fingerprint density at radius 3 is 2.69 bits per heavy atom. The molecule has 138 valence electrons. The predicted octanol–water partition coefficient (Wildman–Crippen LogP) is 2.89. The Balaban J connectivity index is 1.74. The molecule has 0 radical (unpaired) electrons. The van der Waals surface area contributed by atoms with Crippen LogP contribution < -0.4 is 0 Å². The summed E-state index contributed by atoms with van der Waals surface area (Å²) >= 11 is 6.42. The number of hydrogen-bond acceptors (Lipinski definition) is 5. The fourth-order valence-corrected chi connectivity index (χ4v) is 4.48. The number of thiocarbonyl (C=S) groups is 1. The van der Waals surface area contributed by atoms with E-state index in [1.54, 1.807) is 25.3 Å². The first-order valence-corrected chi connectivity index (χ1v) is 9.97. The second-order valence-electron chi connectivity index (χ2n) is 6.52. The lowest BCUT2D eigenvalue weighted by atomic mass is 9.98. The quantitative estimate of drug-likeness (QED) is 0.633. The fourth-order valence-electron chi connectivity index (χ4n) is 3.30. The minimum absolute atomic E-state index is 0.00887. The Morgan fingerprint density at radius 2 is 2.08 bits per heavy atom. The lowest BCUT2D eigenvalue weighted by Crippen LogP contribution is -2.44. The number of likely N-dealkylation sites (tertiary alicyclic amines) is 1. The van der Waals surface area contributed by atoms with E-state index in [1.807, 2.05) is 17.0 Å². The predicted molar refractivity (Wildman–Crippen MR) is 108 cm³/mol. The molecule has 7 heteroatoms. The first kappa shape index (κ1) is 19.1. The molecule has 2 fully saturated rings. The first-order chi connectivity index (χ1) is 12.5. The molecule has 1 aromatic carbocycles. The summed E-state index contributed by atoms with van der Waals surface area (Å²) in [7, 11) is 1.67. The third kappa shape index (κ3) is 4.00. The number of carbonyl (C=O) groups is 2. The Bertz CT molecular complexity index is 744. The molecule has 2 aliphatic rings. The minimum Gasteiger partial charge on any atom is -0.396 e. The molecule has 0 aliphatic carbocycles. The van der Waals surface area contributed by atoms with Crippen LogP contribution in [-0.2, 0) is 4.79 Å². The van der Waals surface area contributed by atoms with E-state index in [1.165, 1.54) is 16.7 Å². The molecule has 0 aromatic heterocycles. The fraction of sp³-hybridized carbons (Fsp3) is 0.421. The van der Waals surface area contributed by atoms with Crippen LogP contribution in [0.5, 0.6) is 0 Å². The Kier molecular flexibility index (Phi) is 6.11. The van der Waals surface area contributed by atoms with E-state index in [0.717, 1.165) is 31.4 Å². The van der Waals surface area contributed by atoms with E-state index in [-0.39, 0.29) is 24.5 Å². The number of thioether (sulfide) groups is 1. The highest BCUT2D eigenvalue weighted by Gasteiger charge is 2.29. The molecule has 3 rings (SSSR count). The Labute approximate surface area is 163 Å². The number of nitrogens with zero attached hydrogens (tertiary/aromatic N) is 2. The maximum atomic E-state index is 12.8. The SMILES string of the molecule is CN1C(=O)/C(=C/c2ccc(C(=O)N3CCCC[C@@H]3CCO)cc2)SC1=S.